The predicted molar refractivity (Wildman–Crippen MR) is 77.2 cm³/mol. The van der Waals surface area contributed by atoms with E-state index in [1.165, 1.54) is 0 Å². The molecule has 0 unspecified atom stereocenters. The van der Waals surface area contributed by atoms with Gasteiger partial charge in [0.1, 0.15) is 4.60 Å². The molecule has 1 aliphatic rings. The van der Waals surface area contributed by atoms with Gasteiger partial charge in [-0.2, -0.15) is 0 Å². The molecule has 2 rings (SSSR count). The van der Waals surface area contributed by atoms with E-state index in [2.05, 4.69) is 20.9 Å². The van der Waals surface area contributed by atoms with Crippen molar-refractivity contribution in [3.63, 3.8) is 0 Å². The number of hydrogen-bond donors (Lipinski definition) is 0. The van der Waals surface area contributed by atoms with Crippen LogP contribution in [0.25, 0.3) is 0 Å². The Morgan fingerprint density at radius 1 is 1.45 bits per heavy atom. The molecular weight excluding hydrogens is 324 g/mol. The zero-order chi connectivity index (χ0) is 14.5. The molecule has 0 radical (unpaired) electrons. The quantitative estimate of drug-likeness (QED) is 0.625. The highest BCUT2D eigenvalue weighted by Crippen LogP contribution is 2.22. The Morgan fingerprint density at radius 3 is 2.75 bits per heavy atom. The lowest BCUT2D eigenvalue weighted by atomic mass is 9.96. The van der Waals surface area contributed by atoms with Gasteiger partial charge in [-0.25, -0.2) is 4.98 Å². The minimum atomic E-state index is -0.151. The summed E-state index contributed by atoms with van der Waals surface area (Å²) in [4.78, 5) is 29.8. The molecule has 1 aliphatic heterocycles. The molecule has 0 saturated carbocycles. The third-order valence-electron chi connectivity index (χ3n) is 3.39. The van der Waals surface area contributed by atoms with Crippen LogP contribution < -0.4 is 0 Å². The SMILES string of the molecule is CCOC(=O)C1CCN(C(=O)c2cccnc2Br)CC1. The molecule has 0 atom stereocenters. The normalized spacial score (nSPS) is 16.0. The van der Waals surface area contributed by atoms with Crippen LogP contribution in [0.15, 0.2) is 22.9 Å². The second kappa shape index (κ2) is 6.83. The first-order valence-electron chi connectivity index (χ1n) is 6.70. The van der Waals surface area contributed by atoms with Crippen molar-refractivity contribution in [2.45, 2.75) is 19.8 Å². The number of likely N-dealkylation sites (tertiary alicyclic amines) is 1. The number of aromatic nitrogens is 1. The summed E-state index contributed by atoms with van der Waals surface area (Å²) in [6, 6.07) is 3.49. The fourth-order valence-electron chi connectivity index (χ4n) is 2.29. The van der Waals surface area contributed by atoms with Crippen LogP contribution in [0.3, 0.4) is 0 Å². The molecule has 1 saturated heterocycles. The first-order valence-corrected chi connectivity index (χ1v) is 7.49. The molecule has 0 N–H and O–H groups in total. The van der Waals surface area contributed by atoms with Crippen molar-refractivity contribution in [1.82, 2.24) is 9.88 Å². The summed E-state index contributed by atoms with van der Waals surface area (Å²) in [6.45, 7) is 3.35. The number of rotatable bonds is 3. The molecule has 108 valence electrons. The van der Waals surface area contributed by atoms with Crippen LogP contribution in [0.5, 0.6) is 0 Å². The summed E-state index contributed by atoms with van der Waals surface area (Å²) in [5, 5.41) is 0. The Bertz CT molecular complexity index is 499. The summed E-state index contributed by atoms with van der Waals surface area (Å²) in [5.41, 5.74) is 0.557. The predicted octanol–water partition coefficient (Wildman–Crippen LogP) is 2.26. The van der Waals surface area contributed by atoms with Crippen molar-refractivity contribution in [1.29, 1.82) is 0 Å². The number of piperidine rings is 1. The lowest BCUT2D eigenvalue weighted by Crippen LogP contribution is -2.40. The third kappa shape index (κ3) is 3.36. The molecular formula is C14H17BrN2O3. The van der Waals surface area contributed by atoms with Crippen molar-refractivity contribution < 1.29 is 14.3 Å². The van der Waals surface area contributed by atoms with Gasteiger partial charge >= 0.3 is 5.97 Å². The van der Waals surface area contributed by atoms with E-state index in [4.69, 9.17) is 4.74 Å². The van der Waals surface area contributed by atoms with Crippen LogP contribution in [0.1, 0.15) is 30.1 Å². The van der Waals surface area contributed by atoms with Gasteiger partial charge in [0, 0.05) is 19.3 Å². The lowest BCUT2D eigenvalue weighted by molar-refractivity contribution is -0.149. The van der Waals surface area contributed by atoms with E-state index in [1.807, 2.05) is 0 Å². The average molecular weight is 341 g/mol. The number of carbonyl (C=O) groups excluding carboxylic acids is 2. The number of esters is 1. The molecule has 0 spiro atoms. The van der Waals surface area contributed by atoms with Gasteiger partial charge in [0.2, 0.25) is 0 Å². The van der Waals surface area contributed by atoms with Gasteiger partial charge in [0.25, 0.3) is 5.91 Å². The number of hydrogen-bond acceptors (Lipinski definition) is 4. The van der Waals surface area contributed by atoms with Crippen LogP contribution in [-0.4, -0.2) is 41.5 Å². The molecule has 0 bridgehead atoms. The van der Waals surface area contributed by atoms with E-state index in [0.29, 0.717) is 42.7 Å². The number of amides is 1. The minimum absolute atomic E-state index is 0.0488. The molecule has 1 aromatic heterocycles. The first-order chi connectivity index (χ1) is 9.63. The molecule has 20 heavy (non-hydrogen) atoms. The highest BCUT2D eigenvalue weighted by molar-refractivity contribution is 9.10. The van der Waals surface area contributed by atoms with E-state index in [9.17, 15) is 9.59 Å². The summed E-state index contributed by atoms with van der Waals surface area (Å²) >= 11 is 3.29. The van der Waals surface area contributed by atoms with Crippen molar-refractivity contribution in [3.05, 3.63) is 28.5 Å². The second-order valence-corrected chi connectivity index (χ2v) is 5.41. The van der Waals surface area contributed by atoms with Crippen LogP contribution in [0, 0.1) is 5.92 Å². The van der Waals surface area contributed by atoms with E-state index >= 15 is 0 Å². The van der Waals surface area contributed by atoms with E-state index in [-0.39, 0.29) is 17.8 Å². The maximum absolute atomic E-state index is 12.4. The largest absolute Gasteiger partial charge is 0.466 e. The average Bonchev–Trinajstić information content (AvgIpc) is 2.47. The monoisotopic (exact) mass is 340 g/mol. The Labute approximate surface area is 126 Å². The standard InChI is InChI=1S/C14H17BrN2O3/c1-2-20-14(19)10-5-8-17(9-6-10)13(18)11-4-3-7-16-12(11)15/h3-4,7,10H,2,5-6,8-9H2,1H3. The molecule has 0 aliphatic carbocycles. The number of halogens is 1. The van der Waals surface area contributed by atoms with Crippen LogP contribution in [0.4, 0.5) is 0 Å². The molecule has 0 aromatic carbocycles. The zero-order valence-corrected chi connectivity index (χ0v) is 12.9. The minimum Gasteiger partial charge on any atom is -0.466 e. The van der Waals surface area contributed by atoms with E-state index < -0.39 is 0 Å². The topological polar surface area (TPSA) is 59.5 Å². The van der Waals surface area contributed by atoms with Crippen molar-refractivity contribution >= 4 is 27.8 Å². The van der Waals surface area contributed by atoms with Crippen molar-refractivity contribution in [3.8, 4) is 0 Å². The van der Waals surface area contributed by atoms with Crippen LogP contribution >= 0.6 is 15.9 Å². The second-order valence-electron chi connectivity index (χ2n) is 4.66. The summed E-state index contributed by atoms with van der Waals surface area (Å²) in [6.07, 6.45) is 2.94. The van der Waals surface area contributed by atoms with Crippen LogP contribution in [0.2, 0.25) is 0 Å². The maximum atomic E-state index is 12.4. The molecule has 5 nitrogen and oxygen atoms in total. The van der Waals surface area contributed by atoms with Gasteiger partial charge in [-0.05, 0) is 47.8 Å². The number of ether oxygens (including phenoxy) is 1. The van der Waals surface area contributed by atoms with E-state index in [0.717, 1.165) is 0 Å². The Hall–Kier alpha value is -1.43. The number of nitrogens with zero attached hydrogens (tertiary/aromatic N) is 2. The van der Waals surface area contributed by atoms with Gasteiger partial charge in [-0.3, -0.25) is 9.59 Å². The number of carbonyl (C=O) groups is 2. The fourth-order valence-corrected chi connectivity index (χ4v) is 2.71. The molecule has 1 aromatic rings. The van der Waals surface area contributed by atoms with Crippen molar-refractivity contribution in [2.24, 2.45) is 5.92 Å². The van der Waals surface area contributed by atoms with Gasteiger partial charge in [0.15, 0.2) is 0 Å². The summed E-state index contributed by atoms with van der Waals surface area (Å²) in [7, 11) is 0. The first kappa shape index (κ1) is 15.0. The van der Waals surface area contributed by atoms with Crippen molar-refractivity contribution in [2.75, 3.05) is 19.7 Å². The Morgan fingerprint density at radius 2 is 2.15 bits per heavy atom. The Kier molecular flexibility index (Phi) is 5.11. The zero-order valence-electron chi connectivity index (χ0n) is 11.3. The molecule has 6 heteroatoms. The number of pyridine rings is 1. The summed E-state index contributed by atoms with van der Waals surface area (Å²) in [5.74, 6) is -0.286. The van der Waals surface area contributed by atoms with Gasteiger partial charge < -0.3 is 9.64 Å². The highest BCUT2D eigenvalue weighted by Gasteiger charge is 2.29. The third-order valence-corrected chi connectivity index (χ3v) is 4.02. The smallest absolute Gasteiger partial charge is 0.309 e. The highest BCUT2D eigenvalue weighted by atomic mass is 79.9. The maximum Gasteiger partial charge on any atom is 0.309 e. The molecule has 1 amide bonds. The molecule has 1 fully saturated rings. The van der Waals surface area contributed by atoms with Gasteiger partial charge in [0.05, 0.1) is 18.1 Å². The molecule has 2 heterocycles. The van der Waals surface area contributed by atoms with Gasteiger partial charge in [-0.1, -0.05) is 0 Å². The van der Waals surface area contributed by atoms with Crippen LogP contribution in [-0.2, 0) is 9.53 Å². The van der Waals surface area contributed by atoms with E-state index in [1.54, 1.807) is 30.2 Å². The van der Waals surface area contributed by atoms with Gasteiger partial charge in [-0.15, -0.1) is 0 Å². The summed E-state index contributed by atoms with van der Waals surface area (Å²) < 4.78 is 5.57. The fraction of sp³-hybridized carbons (Fsp3) is 0.500. The lowest BCUT2D eigenvalue weighted by Gasteiger charge is -2.31. The Balaban J connectivity index is 1.96.